The van der Waals surface area contributed by atoms with Gasteiger partial charge in [-0.2, -0.15) is 0 Å². The summed E-state index contributed by atoms with van der Waals surface area (Å²) in [5.74, 6) is -1.22. The number of hydrogen-bond acceptors (Lipinski definition) is 2. The van der Waals surface area contributed by atoms with Gasteiger partial charge in [-0.05, 0) is 35.9 Å². The van der Waals surface area contributed by atoms with E-state index >= 15 is 0 Å². The van der Waals surface area contributed by atoms with Gasteiger partial charge in [-0.3, -0.25) is 4.79 Å². The first-order valence-corrected chi connectivity index (χ1v) is 6.68. The Hall–Kier alpha value is -1.71. The van der Waals surface area contributed by atoms with E-state index in [4.69, 9.17) is 27.9 Å². The minimum Gasteiger partial charge on any atom is -0.492 e. The van der Waals surface area contributed by atoms with E-state index in [9.17, 15) is 9.90 Å². The van der Waals surface area contributed by atoms with Crippen LogP contribution in [0.5, 0.6) is 5.75 Å². The average molecular weight is 311 g/mol. The summed E-state index contributed by atoms with van der Waals surface area (Å²) in [5, 5.41) is 10.3. The number of carboxylic acid groups (broad SMARTS) is 1. The largest absolute Gasteiger partial charge is 0.492 e. The number of carboxylic acids is 1. The normalized spacial score (nSPS) is 11.9. The topological polar surface area (TPSA) is 46.5 Å². The highest BCUT2D eigenvalue weighted by Crippen LogP contribution is 2.23. The fourth-order valence-corrected chi connectivity index (χ4v) is 2.15. The van der Waals surface area contributed by atoms with E-state index in [1.54, 1.807) is 48.5 Å². The molecule has 0 bridgehead atoms. The summed E-state index contributed by atoms with van der Waals surface area (Å²) in [5.41, 5.74) is 0.604. The van der Waals surface area contributed by atoms with Crippen LogP contribution in [-0.4, -0.2) is 17.7 Å². The van der Waals surface area contributed by atoms with E-state index in [2.05, 4.69) is 0 Å². The quantitative estimate of drug-likeness (QED) is 0.898. The van der Waals surface area contributed by atoms with E-state index in [1.165, 1.54) is 0 Å². The van der Waals surface area contributed by atoms with Crippen molar-refractivity contribution in [2.24, 2.45) is 0 Å². The van der Waals surface area contributed by atoms with Crippen molar-refractivity contribution in [1.82, 2.24) is 0 Å². The van der Waals surface area contributed by atoms with Crippen molar-refractivity contribution >= 4 is 29.2 Å². The molecule has 20 heavy (non-hydrogen) atoms. The average Bonchev–Trinajstić information content (AvgIpc) is 2.38. The van der Waals surface area contributed by atoms with Gasteiger partial charge >= 0.3 is 5.97 Å². The van der Waals surface area contributed by atoms with E-state index < -0.39 is 11.9 Å². The summed E-state index contributed by atoms with van der Waals surface area (Å²) in [6.45, 7) is 0.00994. The molecule has 0 spiro atoms. The molecule has 0 aromatic heterocycles. The number of aliphatic carboxylic acids is 1. The number of carbonyl (C=O) groups is 1. The zero-order valence-corrected chi connectivity index (χ0v) is 11.9. The lowest BCUT2D eigenvalue weighted by Gasteiger charge is -2.14. The molecule has 1 unspecified atom stereocenters. The third kappa shape index (κ3) is 3.89. The molecule has 0 heterocycles. The number of halogens is 2. The molecule has 0 radical (unpaired) electrons. The molecule has 0 amide bonds. The standard InChI is InChI=1S/C15H12Cl2O3/c16-11-4-1-3-10(7-11)14(15(18)19)9-20-13-6-2-5-12(17)8-13/h1-8,14H,9H2,(H,18,19). The van der Waals surface area contributed by atoms with Crippen LogP contribution in [-0.2, 0) is 4.79 Å². The number of ether oxygens (including phenoxy) is 1. The molecule has 0 saturated heterocycles. The molecule has 0 aliphatic heterocycles. The molecular weight excluding hydrogens is 299 g/mol. The monoisotopic (exact) mass is 310 g/mol. The van der Waals surface area contributed by atoms with E-state index in [0.717, 1.165) is 0 Å². The van der Waals surface area contributed by atoms with Gasteiger partial charge in [0.15, 0.2) is 0 Å². The maximum Gasteiger partial charge on any atom is 0.314 e. The third-order valence-corrected chi connectivity index (χ3v) is 3.23. The van der Waals surface area contributed by atoms with Gasteiger partial charge < -0.3 is 9.84 Å². The van der Waals surface area contributed by atoms with Gasteiger partial charge in [0.05, 0.1) is 0 Å². The molecule has 1 N–H and O–H groups in total. The predicted octanol–water partition coefficient (Wildman–Crippen LogP) is 4.24. The lowest BCUT2D eigenvalue weighted by Crippen LogP contribution is -2.19. The Balaban J connectivity index is 2.13. The fraction of sp³-hybridized carbons (Fsp3) is 0.133. The minimum atomic E-state index is -0.964. The molecule has 2 aromatic rings. The molecule has 1 atom stereocenters. The van der Waals surface area contributed by atoms with Crippen LogP contribution < -0.4 is 4.74 Å². The SMILES string of the molecule is O=C(O)C(COc1cccc(Cl)c1)c1cccc(Cl)c1. The van der Waals surface area contributed by atoms with Gasteiger partial charge in [-0.15, -0.1) is 0 Å². The van der Waals surface area contributed by atoms with Crippen LogP contribution in [0.2, 0.25) is 10.0 Å². The first-order valence-electron chi connectivity index (χ1n) is 5.93. The Morgan fingerprint density at radius 1 is 1.10 bits per heavy atom. The Kier molecular flexibility index (Phi) is 4.88. The van der Waals surface area contributed by atoms with Gasteiger partial charge in [0, 0.05) is 10.0 Å². The molecule has 0 aliphatic carbocycles. The van der Waals surface area contributed by atoms with Gasteiger partial charge in [0.2, 0.25) is 0 Å². The smallest absolute Gasteiger partial charge is 0.314 e. The zero-order chi connectivity index (χ0) is 14.5. The second kappa shape index (κ2) is 6.64. The predicted molar refractivity (Wildman–Crippen MR) is 78.8 cm³/mol. The maximum atomic E-state index is 11.4. The summed E-state index contributed by atoms with van der Waals surface area (Å²) in [7, 11) is 0. The molecule has 2 rings (SSSR count). The lowest BCUT2D eigenvalue weighted by atomic mass is 10.0. The van der Waals surface area contributed by atoms with Gasteiger partial charge in [-0.1, -0.05) is 41.4 Å². The molecule has 2 aromatic carbocycles. The molecule has 5 heteroatoms. The second-order valence-corrected chi connectivity index (χ2v) is 5.09. The highest BCUT2D eigenvalue weighted by Gasteiger charge is 2.21. The molecule has 104 valence electrons. The van der Waals surface area contributed by atoms with Crippen molar-refractivity contribution in [3.05, 3.63) is 64.1 Å². The van der Waals surface area contributed by atoms with Crippen molar-refractivity contribution in [3.8, 4) is 5.75 Å². The highest BCUT2D eigenvalue weighted by atomic mass is 35.5. The Morgan fingerprint density at radius 3 is 2.35 bits per heavy atom. The summed E-state index contributed by atoms with van der Waals surface area (Å²) in [4.78, 5) is 11.4. The summed E-state index contributed by atoms with van der Waals surface area (Å²) in [6, 6.07) is 13.6. The second-order valence-electron chi connectivity index (χ2n) is 4.21. The first-order chi connectivity index (χ1) is 9.56. The molecule has 0 fully saturated rings. The van der Waals surface area contributed by atoms with Crippen LogP contribution in [0.25, 0.3) is 0 Å². The van der Waals surface area contributed by atoms with Crippen LogP contribution in [0.1, 0.15) is 11.5 Å². The summed E-state index contributed by atoms with van der Waals surface area (Å²) in [6.07, 6.45) is 0. The number of rotatable bonds is 5. The van der Waals surface area contributed by atoms with Gasteiger partial charge in [-0.25, -0.2) is 0 Å². The van der Waals surface area contributed by atoms with E-state index in [1.807, 2.05) is 0 Å². The molecule has 0 saturated carbocycles. The summed E-state index contributed by atoms with van der Waals surface area (Å²) < 4.78 is 5.50. The van der Waals surface area contributed by atoms with E-state index in [-0.39, 0.29) is 6.61 Å². The van der Waals surface area contributed by atoms with E-state index in [0.29, 0.717) is 21.4 Å². The van der Waals surface area contributed by atoms with Crippen molar-refractivity contribution in [3.63, 3.8) is 0 Å². The Bertz CT molecular complexity index is 614. The van der Waals surface area contributed by atoms with Gasteiger partial charge in [0.1, 0.15) is 18.3 Å². The van der Waals surface area contributed by atoms with Crippen molar-refractivity contribution < 1.29 is 14.6 Å². The van der Waals surface area contributed by atoms with Crippen LogP contribution in [0, 0.1) is 0 Å². The maximum absolute atomic E-state index is 11.4. The first kappa shape index (κ1) is 14.7. The molecule has 0 aliphatic rings. The van der Waals surface area contributed by atoms with Crippen LogP contribution >= 0.6 is 23.2 Å². The Labute approximate surface area is 126 Å². The highest BCUT2D eigenvalue weighted by molar-refractivity contribution is 6.31. The Morgan fingerprint density at radius 2 is 1.75 bits per heavy atom. The van der Waals surface area contributed by atoms with Gasteiger partial charge in [0.25, 0.3) is 0 Å². The number of benzene rings is 2. The third-order valence-electron chi connectivity index (χ3n) is 2.76. The lowest BCUT2D eigenvalue weighted by molar-refractivity contribution is -0.139. The number of hydrogen-bond donors (Lipinski definition) is 1. The zero-order valence-electron chi connectivity index (χ0n) is 10.4. The fourth-order valence-electron chi connectivity index (χ4n) is 1.77. The van der Waals surface area contributed by atoms with Crippen LogP contribution in [0.15, 0.2) is 48.5 Å². The van der Waals surface area contributed by atoms with Crippen LogP contribution in [0.3, 0.4) is 0 Å². The van der Waals surface area contributed by atoms with Crippen molar-refractivity contribution in [2.45, 2.75) is 5.92 Å². The van der Waals surface area contributed by atoms with Crippen LogP contribution in [0.4, 0.5) is 0 Å². The molecule has 3 nitrogen and oxygen atoms in total. The van der Waals surface area contributed by atoms with Crippen molar-refractivity contribution in [1.29, 1.82) is 0 Å². The molecular formula is C15H12Cl2O3. The minimum absolute atomic E-state index is 0.00994. The van der Waals surface area contributed by atoms with Crippen molar-refractivity contribution in [2.75, 3.05) is 6.61 Å². The summed E-state index contributed by atoms with van der Waals surface area (Å²) >= 11 is 11.7.